The number of aryl methyl sites for hydroxylation is 1. The number of esters is 1. The summed E-state index contributed by atoms with van der Waals surface area (Å²) < 4.78 is 9.16. The van der Waals surface area contributed by atoms with Crippen LogP contribution in [0.4, 0.5) is 0 Å². The van der Waals surface area contributed by atoms with E-state index in [0.717, 1.165) is 0 Å². The zero-order valence-corrected chi connectivity index (χ0v) is 7.36. The van der Waals surface area contributed by atoms with E-state index >= 15 is 0 Å². The molecule has 0 saturated heterocycles. The van der Waals surface area contributed by atoms with Gasteiger partial charge in [-0.1, -0.05) is 0 Å². The van der Waals surface area contributed by atoms with Crippen molar-refractivity contribution < 1.29 is 18.7 Å². The Kier molecular flexibility index (Phi) is 2.79. The van der Waals surface area contributed by atoms with Crippen LogP contribution < -0.4 is 0 Å². The minimum absolute atomic E-state index is 0.186. The summed E-state index contributed by atoms with van der Waals surface area (Å²) in [4.78, 5) is 25.7. The van der Waals surface area contributed by atoms with Crippen molar-refractivity contribution in [1.82, 2.24) is 4.98 Å². The summed E-state index contributed by atoms with van der Waals surface area (Å²) in [7, 11) is 1.23. The van der Waals surface area contributed by atoms with E-state index in [1.165, 1.54) is 13.5 Å². The number of aromatic nitrogens is 1. The molecule has 0 bridgehead atoms. The number of carbonyl (C=O) groups excluding carboxylic acids is 2. The van der Waals surface area contributed by atoms with Crippen LogP contribution in [0.3, 0.4) is 0 Å². The molecule has 0 radical (unpaired) electrons. The molecule has 70 valence electrons. The van der Waals surface area contributed by atoms with Gasteiger partial charge in [-0.2, -0.15) is 0 Å². The number of nitrogens with zero attached hydrogens (tertiary/aromatic N) is 1. The number of hydrogen-bond acceptors (Lipinski definition) is 5. The average molecular weight is 183 g/mol. The van der Waals surface area contributed by atoms with Crippen LogP contribution in [0, 0.1) is 6.92 Å². The molecule has 0 spiro atoms. The molecule has 5 nitrogen and oxygen atoms in total. The lowest BCUT2D eigenvalue weighted by Gasteiger charge is -1.95. The summed E-state index contributed by atoms with van der Waals surface area (Å²) in [6.45, 7) is 1.61. The maximum atomic E-state index is 11.3. The lowest BCUT2D eigenvalue weighted by atomic mass is 10.2. The second-order valence-electron chi connectivity index (χ2n) is 2.43. The molecule has 1 rings (SSSR count). The first kappa shape index (κ1) is 9.44. The van der Waals surface area contributed by atoms with Crippen LogP contribution in [0.5, 0.6) is 0 Å². The number of hydrogen-bond donors (Lipinski definition) is 0. The van der Waals surface area contributed by atoms with Gasteiger partial charge in [0, 0.05) is 0 Å². The van der Waals surface area contributed by atoms with Gasteiger partial charge in [0.25, 0.3) is 0 Å². The predicted octanol–water partition coefficient (Wildman–Crippen LogP) is 0.729. The summed E-state index contributed by atoms with van der Waals surface area (Å²) in [5.74, 6) is -0.556. The van der Waals surface area contributed by atoms with Crippen LogP contribution in [-0.4, -0.2) is 23.8 Å². The molecule has 0 aromatic carbocycles. The zero-order valence-electron chi connectivity index (χ0n) is 7.36. The monoisotopic (exact) mass is 183 g/mol. The van der Waals surface area contributed by atoms with E-state index in [9.17, 15) is 9.59 Å². The third kappa shape index (κ3) is 2.14. The number of oxazole rings is 1. The summed E-state index contributed by atoms with van der Waals surface area (Å²) in [5.41, 5.74) is 0.186. The lowest BCUT2D eigenvalue weighted by Crippen LogP contribution is -2.10. The smallest absolute Gasteiger partial charge is 0.313 e. The van der Waals surface area contributed by atoms with Crippen LogP contribution in [0.15, 0.2) is 10.8 Å². The van der Waals surface area contributed by atoms with Crippen molar-refractivity contribution in [3.63, 3.8) is 0 Å². The minimum Gasteiger partial charge on any atom is -0.469 e. The molecule has 0 aliphatic carbocycles. The van der Waals surface area contributed by atoms with Crippen LogP contribution in [0.1, 0.15) is 22.7 Å². The van der Waals surface area contributed by atoms with Crippen LogP contribution in [0.2, 0.25) is 0 Å². The molecule has 1 aromatic rings. The Hall–Kier alpha value is -1.65. The van der Waals surface area contributed by atoms with Gasteiger partial charge in [0.15, 0.2) is 12.2 Å². The molecular formula is C8H9NO4. The van der Waals surface area contributed by atoms with Gasteiger partial charge in [0.05, 0.1) is 7.11 Å². The van der Waals surface area contributed by atoms with E-state index in [1.54, 1.807) is 6.92 Å². The van der Waals surface area contributed by atoms with Crippen molar-refractivity contribution in [3.8, 4) is 0 Å². The minimum atomic E-state index is -0.576. The van der Waals surface area contributed by atoms with E-state index in [1.807, 2.05) is 0 Å². The fourth-order valence-corrected chi connectivity index (χ4v) is 0.860. The number of ether oxygens (including phenoxy) is 1. The van der Waals surface area contributed by atoms with Gasteiger partial charge in [-0.15, -0.1) is 0 Å². The van der Waals surface area contributed by atoms with Gasteiger partial charge in [0.2, 0.25) is 0 Å². The summed E-state index contributed by atoms with van der Waals surface area (Å²) in [5, 5.41) is 0. The number of ketones is 1. The third-order valence-electron chi connectivity index (χ3n) is 1.54. The highest BCUT2D eigenvalue weighted by atomic mass is 16.5. The summed E-state index contributed by atoms with van der Waals surface area (Å²) in [6, 6.07) is 0. The Morgan fingerprint density at radius 1 is 1.62 bits per heavy atom. The average Bonchev–Trinajstić information content (AvgIpc) is 2.51. The van der Waals surface area contributed by atoms with E-state index in [-0.39, 0.29) is 12.1 Å². The molecule has 0 saturated carbocycles. The molecule has 0 aliphatic rings. The number of methoxy groups -OCH3 is 1. The van der Waals surface area contributed by atoms with E-state index < -0.39 is 11.8 Å². The highest BCUT2D eigenvalue weighted by Crippen LogP contribution is 2.07. The normalized spacial score (nSPS) is 9.69. The number of carbonyl (C=O) groups is 2. The fraction of sp³-hybridized carbons (Fsp3) is 0.375. The molecule has 0 atom stereocenters. The largest absolute Gasteiger partial charge is 0.469 e. The van der Waals surface area contributed by atoms with Gasteiger partial charge < -0.3 is 9.15 Å². The van der Waals surface area contributed by atoms with Crippen LogP contribution in [-0.2, 0) is 9.53 Å². The fourth-order valence-electron chi connectivity index (χ4n) is 0.860. The zero-order chi connectivity index (χ0) is 9.84. The quantitative estimate of drug-likeness (QED) is 0.392. The molecule has 0 N–H and O–H groups in total. The molecular weight excluding hydrogens is 174 g/mol. The Balaban J connectivity index is 2.69. The Bertz CT molecular complexity index is 329. The molecule has 0 fully saturated rings. The second-order valence-corrected chi connectivity index (χ2v) is 2.43. The second kappa shape index (κ2) is 3.84. The van der Waals surface area contributed by atoms with E-state index in [0.29, 0.717) is 5.76 Å². The highest BCUT2D eigenvalue weighted by molar-refractivity contribution is 6.05. The van der Waals surface area contributed by atoms with Crippen molar-refractivity contribution in [1.29, 1.82) is 0 Å². The maximum Gasteiger partial charge on any atom is 0.313 e. The molecule has 13 heavy (non-hydrogen) atoms. The summed E-state index contributed by atoms with van der Waals surface area (Å²) >= 11 is 0. The van der Waals surface area contributed by atoms with Crippen LogP contribution in [0.25, 0.3) is 0 Å². The van der Waals surface area contributed by atoms with E-state index in [2.05, 4.69) is 9.72 Å². The Morgan fingerprint density at radius 3 is 2.77 bits per heavy atom. The number of rotatable bonds is 3. The predicted molar refractivity (Wildman–Crippen MR) is 42.2 cm³/mol. The van der Waals surface area contributed by atoms with Crippen molar-refractivity contribution in [3.05, 3.63) is 17.8 Å². The first-order valence-electron chi connectivity index (χ1n) is 3.65. The van der Waals surface area contributed by atoms with Crippen molar-refractivity contribution in [2.75, 3.05) is 7.11 Å². The molecule has 1 heterocycles. The Morgan fingerprint density at radius 2 is 2.31 bits per heavy atom. The molecule has 1 aromatic heterocycles. The first-order valence-corrected chi connectivity index (χ1v) is 3.65. The van der Waals surface area contributed by atoms with Crippen molar-refractivity contribution in [2.45, 2.75) is 13.3 Å². The SMILES string of the molecule is COC(=O)CC(=O)c1ncoc1C. The molecule has 5 heteroatoms. The molecule has 0 aliphatic heterocycles. The molecule has 0 unspecified atom stereocenters. The van der Waals surface area contributed by atoms with Crippen molar-refractivity contribution >= 4 is 11.8 Å². The Labute approximate surface area is 74.7 Å². The van der Waals surface area contributed by atoms with Gasteiger partial charge >= 0.3 is 5.97 Å². The number of Topliss-reactive ketones (excluding diaryl/α,β-unsaturated/α-hetero) is 1. The highest BCUT2D eigenvalue weighted by Gasteiger charge is 2.17. The van der Waals surface area contributed by atoms with Gasteiger partial charge in [-0.05, 0) is 6.92 Å². The van der Waals surface area contributed by atoms with Gasteiger partial charge in [-0.3, -0.25) is 9.59 Å². The standard InChI is InChI=1S/C8H9NO4/c1-5-8(9-4-13-5)6(10)3-7(11)12-2/h4H,3H2,1-2H3. The lowest BCUT2D eigenvalue weighted by molar-refractivity contribution is -0.139. The summed E-state index contributed by atoms with van der Waals surface area (Å²) in [6.07, 6.45) is 0.865. The maximum absolute atomic E-state index is 11.3. The third-order valence-corrected chi connectivity index (χ3v) is 1.54. The topological polar surface area (TPSA) is 69.4 Å². The molecule has 0 amide bonds. The van der Waals surface area contributed by atoms with Crippen molar-refractivity contribution in [2.24, 2.45) is 0 Å². The van der Waals surface area contributed by atoms with Gasteiger partial charge in [0.1, 0.15) is 17.9 Å². The van der Waals surface area contributed by atoms with E-state index in [4.69, 9.17) is 4.42 Å². The van der Waals surface area contributed by atoms with Crippen LogP contribution >= 0.6 is 0 Å². The van der Waals surface area contributed by atoms with Gasteiger partial charge in [-0.25, -0.2) is 4.98 Å². The first-order chi connectivity index (χ1) is 6.15.